The molecule has 0 aliphatic heterocycles. The molecule has 0 radical (unpaired) electrons. The first-order valence-electron chi connectivity index (χ1n) is 6.28. The Kier molecular flexibility index (Phi) is 4.70. The van der Waals surface area contributed by atoms with E-state index in [1.54, 1.807) is 30.3 Å². The number of carbonyl (C=O) groups excluding carboxylic acids is 1. The number of nitrogens with one attached hydrogen (secondary N) is 2. The minimum absolute atomic E-state index is 0.0155. The second-order valence-corrected chi connectivity index (χ2v) is 4.34. The molecule has 0 heterocycles. The van der Waals surface area contributed by atoms with E-state index in [0.29, 0.717) is 17.9 Å². The first-order chi connectivity index (χ1) is 9.71. The lowest BCUT2D eigenvalue weighted by Gasteiger charge is -2.09. The second-order valence-electron chi connectivity index (χ2n) is 4.34. The van der Waals surface area contributed by atoms with Crippen LogP contribution in [0.1, 0.15) is 11.1 Å². The third-order valence-electron chi connectivity index (χ3n) is 2.81. The van der Waals surface area contributed by atoms with Gasteiger partial charge in [-0.1, -0.05) is 24.3 Å². The molecule has 0 bridgehead atoms. The molecular weight excluding hydrogens is 254 g/mol. The summed E-state index contributed by atoms with van der Waals surface area (Å²) in [5.41, 5.74) is 8.66. The lowest BCUT2D eigenvalue weighted by atomic mass is 10.2. The predicted octanol–water partition coefficient (Wildman–Crippen LogP) is 2.28. The lowest BCUT2D eigenvalue weighted by Crippen LogP contribution is -2.19. The Morgan fingerprint density at radius 2 is 1.70 bits per heavy atom. The van der Waals surface area contributed by atoms with Gasteiger partial charge in [-0.25, -0.2) is 4.79 Å². The van der Waals surface area contributed by atoms with Crippen LogP contribution >= 0.6 is 0 Å². The molecule has 0 unspecified atom stereocenters. The fourth-order valence-electron chi connectivity index (χ4n) is 1.76. The van der Waals surface area contributed by atoms with Gasteiger partial charge in [-0.2, -0.15) is 0 Å². The Balaban J connectivity index is 1.97. The first kappa shape index (κ1) is 14.0. The SMILES string of the molecule is NCc1cccc(NC(=O)Nc2ccc(CO)cc2)c1. The van der Waals surface area contributed by atoms with Gasteiger partial charge < -0.3 is 21.5 Å². The maximum Gasteiger partial charge on any atom is 0.323 e. The molecule has 0 spiro atoms. The van der Waals surface area contributed by atoms with E-state index in [9.17, 15) is 4.79 Å². The Morgan fingerprint density at radius 1 is 1.00 bits per heavy atom. The van der Waals surface area contributed by atoms with Crippen LogP contribution in [-0.2, 0) is 13.2 Å². The number of carbonyl (C=O) groups is 1. The molecular formula is C15H17N3O2. The van der Waals surface area contributed by atoms with Crippen molar-refractivity contribution in [1.82, 2.24) is 0 Å². The number of nitrogens with two attached hydrogens (primary N) is 1. The Labute approximate surface area is 117 Å². The summed E-state index contributed by atoms with van der Waals surface area (Å²) >= 11 is 0. The highest BCUT2D eigenvalue weighted by Gasteiger charge is 2.03. The van der Waals surface area contributed by atoms with Crippen molar-refractivity contribution in [3.63, 3.8) is 0 Å². The van der Waals surface area contributed by atoms with Crippen molar-refractivity contribution >= 4 is 17.4 Å². The number of benzene rings is 2. The van der Waals surface area contributed by atoms with Gasteiger partial charge in [-0.15, -0.1) is 0 Å². The number of anilines is 2. The molecule has 2 rings (SSSR count). The Bertz CT molecular complexity index is 582. The number of urea groups is 1. The van der Waals surface area contributed by atoms with Gasteiger partial charge in [0, 0.05) is 17.9 Å². The number of rotatable bonds is 4. The van der Waals surface area contributed by atoms with Gasteiger partial charge >= 0.3 is 6.03 Å². The van der Waals surface area contributed by atoms with E-state index in [0.717, 1.165) is 11.1 Å². The molecule has 0 aromatic heterocycles. The maximum absolute atomic E-state index is 11.8. The average molecular weight is 271 g/mol. The molecule has 0 fully saturated rings. The van der Waals surface area contributed by atoms with E-state index in [1.165, 1.54) is 0 Å². The summed E-state index contributed by atoms with van der Waals surface area (Å²) in [7, 11) is 0. The van der Waals surface area contributed by atoms with Gasteiger partial charge in [0.05, 0.1) is 6.61 Å². The number of hydrogen-bond acceptors (Lipinski definition) is 3. The van der Waals surface area contributed by atoms with Gasteiger partial charge in [-0.3, -0.25) is 0 Å². The van der Waals surface area contributed by atoms with Crippen molar-refractivity contribution in [1.29, 1.82) is 0 Å². The smallest absolute Gasteiger partial charge is 0.323 e. The van der Waals surface area contributed by atoms with Gasteiger partial charge in [0.25, 0.3) is 0 Å². The average Bonchev–Trinajstić information content (AvgIpc) is 2.48. The van der Waals surface area contributed by atoms with Gasteiger partial charge in [0.1, 0.15) is 0 Å². The van der Waals surface area contributed by atoms with Crippen LogP contribution in [0.2, 0.25) is 0 Å². The fraction of sp³-hybridized carbons (Fsp3) is 0.133. The van der Waals surface area contributed by atoms with Gasteiger partial charge in [-0.05, 0) is 35.4 Å². The standard InChI is InChI=1S/C15H17N3O2/c16-9-12-2-1-3-14(8-12)18-15(20)17-13-6-4-11(10-19)5-7-13/h1-8,19H,9-10,16H2,(H2,17,18,20). The van der Waals surface area contributed by atoms with Crippen LogP contribution in [0.3, 0.4) is 0 Å². The molecule has 0 aliphatic carbocycles. The summed E-state index contributed by atoms with van der Waals surface area (Å²) in [4.78, 5) is 11.8. The Morgan fingerprint density at radius 3 is 2.35 bits per heavy atom. The summed E-state index contributed by atoms with van der Waals surface area (Å²) in [6.07, 6.45) is 0. The highest BCUT2D eigenvalue weighted by molar-refractivity contribution is 5.99. The van der Waals surface area contributed by atoms with Crippen LogP contribution in [0.25, 0.3) is 0 Å². The molecule has 20 heavy (non-hydrogen) atoms. The number of aliphatic hydroxyl groups excluding tert-OH is 1. The van der Waals surface area contributed by atoms with Gasteiger partial charge in [0.15, 0.2) is 0 Å². The quantitative estimate of drug-likeness (QED) is 0.688. The van der Waals surface area contributed by atoms with Crippen molar-refractivity contribution in [2.24, 2.45) is 5.73 Å². The molecule has 104 valence electrons. The lowest BCUT2D eigenvalue weighted by molar-refractivity contribution is 0.262. The molecule has 5 nitrogen and oxygen atoms in total. The minimum Gasteiger partial charge on any atom is -0.392 e. The summed E-state index contributed by atoms with van der Waals surface area (Å²) in [5, 5.41) is 14.4. The van der Waals surface area contributed by atoms with E-state index >= 15 is 0 Å². The monoisotopic (exact) mass is 271 g/mol. The molecule has 5 N–H and O–H groups in total. The molecule has 0 atom stereocenters. The van der Waals surface area contributed by atoms with Crippen molar-refractivity contribution in [3.05, 3.63) is 59.7 Å². The molecule has 0 saturated heterocycles. The summed E-state index contributed by atoms with van der Waals surface area (Å²) in [5.74, 6) is 0. The first-order valence-corrected chi connectivity index (χ1v) is 6.28. The number of amides is 2. The topological polar surface area (TPSA) is 87.4 Å². The van der Waals surface area contributed by atoms with E-state index < -0.39 is 0 Å². The zero-order valence-corrected chi connectivity index (χ0v) is 11.0. The van der Waals surface area contributed by atoms with Gasteiger partial charge in [0.2, 0.25) is 0 Å². The highest BCUT2D eigenvalue weighted by atomic mass is 16.3. The van der Waals surface area contributed by atoms with E-state index in [2.05, 4.69) is 10.6 Å². The number of hydrogen-bond donors (Lipinski definition) is 4. The fourth-order valence-corrected chi connectivity index (χ4v) is 1.76. The van der Waals surface area contributed by atoms with Crippen molar-refractivity contribution in [3.8, 4) is 0 Å². The van der Waals surface area contributed by atoms with Crippen molar-refractivity contribution in [2.75, 3.05) is 10.6 Å². The maximum atomic E-state index is 11.8. The zero-order valence-electron chi connectivity index (χ0n) is 11.0. The largest absolute Gasteiger partial charge is 0.392 e. The Hall–Kier alpha value is -2.37. The third kappa shape index (κ3) is 3.81. The molecule has 2 aromatic carbocycles. The van der Waals surface area contributed by atoms with Crippen molar-refractivity contribution < 1.29 is 9.90 Å². The molecule has 2 aromatic rings. The third-order valence-corrected chi connectivity index (χ3v) is 2.81. The van der Waals surface area contributed by atoms with Crippen LogP contribution in [0, 0.1) is 0 Å². The predicted molar refractivity (Wildman–Crippen MR) is 79.3 cm³/mol. The summed E-state index contributed by atoms with van der Waals surface area (Å²) in [6, 6.07) is 14.0. The van der Waals surface area contributed by atoms with E-state index in [-0.39, 0.29) is 12.6 Å². The summed E-state index contributed by atoms with van der Waals surface area (Å²) < 4.78 is 0. The molecule has 0 aliphatic rings. The molecule has 0 saturated carbocycles. The van der Waals surface area contributed by atoms with Crippen LogP contribution in [0.4, 0.5) is 16.2 Å². The van der Waals surface area contributed by atoms with Crippen LogP contribution in [0.5, 0.6) is 0 Å². The van der Waals surface area contributed by atoms with Crippen LogP contribution in [-0.4, -0.2) is 11.1 Å². The highest BCUT2D eigenvalue weighted by Crippen LogP contribution is 2.12. The minimum atomic E-state index is -0.323. The van der Waals surface area contributed by atoms with Crippen LogP contribution in [0.15, 0.2) is 48.5 Å². The van der Waals surface area contributed by atoms with Crippen molar-refractivity contribution in [2.45, 2.75) is 13.2 Å². The summed E-state index contributed by atoms with van der Waals surface area (Å²) in [6.45, 7) is 0.415. The number of aliphatic hydroxyl groups is 1. The molecule has 5 heteroatoms. The second kappa shape index (κ2) is 6.70. The normalized spacial score (nSPS) is 10.1. The van der Waals surface area contributed by atoms with E-state index in [4.69, 9.17) is 10.8 Å². The van der Waals surface area contributed by atoms with Crippen LogP contribution < -0.4 is 16.4 Å². The van der Waals surface area contributed by atoms with E-state index in [1.807, 2.05) is 18.2 Å². The zero-order chi connectivity index (χ0) is 14.4. The molecule has 2 amide bonds.